The predicted molar refractivity (Wildman–Crippen MR) is 54.1 cm³/mol. The van der Waals surface area contributed by atoms with Crippen molar-refractivity contribution in [2.45, 2.75) is 34.6 Å². The van der Waals surface area contributed by atoms with Crippen LogP contribution in [0, 0.1) is 0 Å². The molecule has 0 heterocycles. The second-order valence-electron chi connectivity index (χ2n) is 1.86. The summed E-state index contributed by atoms with van der Waals surface area (Å²) in [6.07, 6.45) is 3.59. The lowest BCUT2D eigenvalue weighted by atomic mass is 10.2. The Balaban J connectivity index is 0. The molecule has 0 atom stereocenters. The molecular weight excluding hydrogens is 134 g/mol. The minimum absolute atomic E-state index is 1.03. The van der Waals surface area contributed by atoms with E-state index in [0.717, 1.165) is 11.3 Å². The fourth-order valence-corrected chi connectivity index (χ4v) is 0.443. The standard InChI is InChI=1S/C8H13N.C2H6/c1-5-7(3)8(4)9-6-2;1-2/h5-6H,1H2,2-4H3;1-2H3/b8-7-,9-6?;. The minimum Gasteiger partial charge on any atom is -0.266 e. The Kier molecular flexibility index (Phi) is 10.6. The van der Waals surface area contributed by atoms with Crippen LogP contribution in [0.2, 0.25) is 0 Å². The molecule has 0 N–H and O–H groups in total. The molecule has 0 unspecified atom stereocenters. The van der Waals surface area contributed by atoms with Crippen molar-refractivity contribution in [2.24, 2.45) is 4.99 Å². The first kappa shape index (κ1) is 12.8. The zero-order chi connectivity index (χ0) is 9.28. The molecule has 0 rings (SSSR count). The zero-order valence-electron chi connectivity index (χ0n) is 8.31. The topological polar surface area (TPSA) is 12.4 Å². The van der Waals surface area contributed by atoms with Crippen LogP contribution in [0.5, 0.6) is 0 Å². The average Bonchev–Trinajstić information content (AvgIpc) is 2.07. The Morgan fingerprint density at radius 3 is 2.00 bits per heavy atom. The molecule has 0 spiro atoms. The van der Waals surface area contributed by atoms with Gasteiger partial charge in [0.1, 0.15) is 0 Å². The third kappa shape index (κ3) is 7.04. The van der Waals surface area contributed by atoms with E-state index in [1.54, 1.807) is 6.21 Å². The summed E-state index contributed by atoms with van der Waals surface area (Å²) in [5, 5.41) is 0. The van der Waals surface area contributed by atoms with Gasteiger partial charge in [-0.05, 0) is 26.3 Å². The second kappa shape index (κ2) is 9.15. The van der Waals surface area contributed by atoms with Gasteiger partial charge in [-0.2, -0.15) is 0 Å². The number of nitrogens with zero attached hydrogens (tertiary/aromatic N) is 1. The van der Waals surface area contributed by atoms with E-state index in [0.29, 0.717) is 0 Å². The number of allylic oxidation sites excluding steroid dienone is 3. The molecule has 1 nitrogen and oxygen atoms in total. The van der Waals surface area contributed by atoms with Crippen molar-refractivity contribution in [1.82, 2.24) is 0 Å². The Morgan fingerprint density at radius 2 is 1.73 bits per heavy atom. The van der Waals surface area contributed by atoms with E-state index in [1.807, 2.05) is 40.7 Å². The highest BCUT2D eigenvalue weighted by Crippen LogP contribution is 2.03. The van der Waals surface area contributed by atoms with Gasteiger partial charge in [-0.25, -0.2) is 0 Å². The molecule has 0 aromatic heterocycles. The van der Waals surface area contributed by atoms with E-state index in [2.05, 4.69) is 11.6 Å². The van der Waals surface area contributed by atoms with Crippen molar-refractivity contribution < 1.29 is 0 Å². The smallest absolute Gasteiger partial charge is 0.0397 e. The molecule has 1 heteroatoms. The van der Waals surface area contributed by atoms with Crippen molar-refractivity contribution in [1.29, 1.82) is 0 Å². The van der Waals surface area contributed by atoms with Crippen LogP contribution in [0.15, 0.2) is 28.9 Å². The average molecular weight is 153 g/mol. The monoisotopic (exact) mass is 153 g/mol. The van der Waals surface area contributed by atoms with Gasteiger partial charge in [0, 0.05) is 11.9 Å². The molecule has 0 aromatic rings. The maximum Gasteiger partial charge on any atom is 0.0397 e. The molecule has 0 aliphatic carbocycles. The summed E-state index contributed by atoms with van der Waals surface area (Å²) in [5.41, 5.74) is 2.17. The van der Waals surface area contributed by atoms with Crippen molar-refractivity contribution in [3.63, 3.8) is 0 Å². The summed E-state index contributed by atoms with van der Waals surface area (Å²) >= 11 is 0. The van der Waals surface area contributed by atoms with Crippen LogP contribution in [-0.4, -0.2) is 6.21 Å². The van der Waals surface area contributed by atoms with Crippen LogP contribution >= 0.6 is 0 Å². The Morgan fingerprint density at radius 1 is 1.27 bits per heavy atom. The summed E-state index contributed by atoms with van der Waals surface area (Å²) < 4.78 is 0. The van der Waals surface area contributed by atoms with Gasteiger partial charge in [0.25, 0.3) is 0 Å². The third-order valence-corrected chi connectivity index (χ3v) is 1.20. The SMILES string of the molecule is C=C/C(C)=C(/C)N=CC.CC. The quantitative estimate of drug-likeness (QED) is 0.424. The summed E-state index contributed by atoms with van der Waals surface area (Å²) in [5.74, 6) is 0. The van der Waals surface area contributed by atoms with Crippen LogP contribution in [0.25, 0.3) is 0 Å². The van der Waals surface area contributed by atoms with Crippen LogP contribution in [0.3, 0.4) is 0 Å². The zero-order valence-corrected chi connectivity index (χ0v) is 8.31. The molecule has 0 radical (unpaired) electrons. The molecule has 0 aromatic carbocycles. The van der Waals surface area contributed by atoms with Crippen molar-refractivity contribution in [3.8, 4) is 0 Å². The van der Waals surface area contributed by atoms with Gasteiger partial charge in [0.05, 0.1) is 0 Å². The largest absolute Gasteiger partial charge is 0.266 e. The highest BCUT2D eigenvalue weighted by Gasteiger charge is 1.84. The lowest BCUT2D eigenvalue weighted by molar-refractivity contribution is 1.24. The Bertz CT molecular complexity index is 152. The summed E-state index contributed by atoms with van der Waals surface area (Å²) in [7, 11) is 0. The lowest BCUT2D eigenvalue weighted by Crippen LogP contribution is -1.75. The van der Waals surface area contributed by atoms with Gasteiger partial charge < -0.3 is 0 Å². The maximum absolute atomic E-state index is 4.08. The molecule has 0 amide bonds. The number of rotatable bonds is 2. The molecule has 0 aliphatic heterocycles. The molecule has 11 heavy (non-hydrogen) atoms. The third-order valence-electron chi connectivity index (χ3n) is 1.20. The minimum atomic E-state index is 1.03. The van der Waals surface area contributed by atoms with Gasteiger partial charge >= 0.3 is 0 Å². The first-order valence-corrected chi connectivity index (χ1v) is 4.01. The van der Waals surface area contributed by atoms with Crippen LogP contribution in [0.1, 0.15) is 34.6 Å². The van der Waals surface area contributed by atoms with E-state index in [4.69, 9.17) is 0 Å². The first-order chi connectivity index (χ1) is 5.22. The maximum atomic E-state index is 4.08. The van der Waals surface area contributed by atoms with Gasteiger partial charge in [-0.1, -0.05) is 26.5 Å². The molecule has 0 saturated carbocycles. The fraction of sp³-hybridized carbons (Fsp3) is 0.500. The molecule has 0 saturated heterocycles. The van der Waals surface area contributed by atoms with Crippen LogP contribution in [0.4, 0.5) is 0 Å². The van der Waals surface area contributed by atoms with Crippen molar-refractivity contribution >= 4 is 6.21 Å². The van der Waals surface area contributed by atoms with E-state index < -0.39 is 0 Å². The van der Waals surface area contributed by atoms with Crippen molar-refractivity contribution in [3.05, 3.63) is 23.9 Å². The van der Waals surface area contributed by atoms with E-state index >= 15 is 0 Å². The summed E-state index contributed by atoms with van der Waals surface area (Å²) in [4.78, 5) is 4.08. The molecule has 0 fully saturated rings. The van der Waals surface area contributed by atoms with Crippen LogP contribution < -0.4 is 0 Å². The molecule has 64 valence electrons. The molecule has 0 aliphatic rings. The van der Waals surface area contributed by atoms with E-state index in [9.17, 15) is 0 Å². The summed E-state index contributed by atoms with van der Waals surface area (Å²) in [6, 6.07) is 0. The highest BCUT2D eigenvalue weighted by molar-refractivity contribution is 5.55. The number of hydrogen-bond acceptors (Lipinski definition) is 1. The van der Waals surface area contributed by atoms with Crippen molar-refractivity contribution in [2.75, 3.05) is 0 Å². The Hall–Kier alpha value is -0.850. The molecular formula is C10H19N. The Labute approximate surface area is 70.5 Å². The van der Waals surface area contributed by atoms with Gasteiger partial charge in [0.15, 0.2) is 0 Å². The molecule has 0 bridgehead atoms. The van der Waals surface area contributed by atoms with Gasteiger partial charge in [0.2, 0.25) is 0 Å². The number of aliphatic imine (C=N–C) groups is 1. The fourth-order valence-electron chi connectivity index (χ4n) is 0.443. The first-order valence-electron chi connectivity index (χ1n) is 4.01. The van der Waals surface area contributed by atoms with Gasteiger partial charge in [-0.3, -0.25) is 4.99 Å². The van der Waals surface area contributed by atoms with Crippen LogP contribution in [-0.2, 0) is 0 Å². The van der Waals surface area contributed by atoms with Gasteiger partial charge in [-0.15, -0.1) is 0 Å². The predicted octanol–water partition coefficient (Wildman–Crippen LogP) is 3.58. The lowest BCUT2D eigenvalue weighted by Gasteiger charge is -1.93. The highest BCUT2D eigenvalue weighted by atomic mass is 14.7. The second-order valence-corrected chi connectivity index (χ2v) is 1.86. The number of hydrogen-bond donors (Lipinski definition) is 0. The normalized spacial score (nSPS) is 11.7. The van der Waals surface area contributed by atoms with E-state index in [1.165, 1.54) is 0 Å². The van der Waals surface area contributed by atoms with E-state index in [-0.39, 0.29) is 0 Å². The summed E-state index contributed by atoms with van der Waals surface area (Å²) in [6.45, 7) is 13.5.